The number of carbonyl (C=O) groups is 2. The summed E-state index contributed by atoms with van der Waals surface area (Å²) in [5, 5.41) is 20.0. The van der Waals surface area contributed by atoms with Crippen LogP contribution in [0.4, 0.5) is 18.0 Å². The molecule has 2 aromatic rings. The minimum atomic E-state index is -5.08. The van der Waals surface area contributed by atoms with E-state index in [0.29, 0.717) is 13.1 Å². The lowest BCUT2D eigenvalue weighted by atomic mass is 9.84. The van der Waals surface area contributed by atoms with Crippen LogP contribution in [0.2, 0.25) is 0 Å². The number of nitrogens with zero attached hydrogens (tertiary/aromatic N) is 5. The number of amides is 1. The Hall–Kier alpha value is -2.67. The van der Waals surface area contributed by atoms with Gasteiger partial charge in [0.2, 0.25) is 0 Å². The smallest absolute Gasteiger partial charge is 0.475 e. The van der Waals surface area contributed by atoms with Crippen LogP contribution in [0, 0.1) is 6.92 Å². The van der Waals surface area contributed by atoms with Gasteiger partial charge in [-0.05, 0) is 42.2 Å². The highest BCUT2D eigenvalue weighted by Crippen LogP contribution is 2.37. The number of likely N-dealkylation sites (tertiary alicyclic amines) is 1. The number of methoxy groups -OCH3 is 1. The van der Waals surface area contributed by atoms with Crippen molar-refractivity contribution in [3.8, 4) is 0 Å². The Labute approximate surface area is 186 Å². The van der Waals surface area contributed by atoms with E-state index in [1.165, 1.54) is 12.7 Å². The number of hydrogen-bond acceptors (Lipinski definition) is 7. The van der Waals surface area contributed by atoms with Crippen molar-refractivity contribution < 1.29 is 32.6 Å². The van der Waals surface area contributed by atoms with Crippen LogP contribution in [-0.4, -0.2) is 74.7 Å². The standard InChI is InChI=1S/C17H23N5O2S.C2HF3O2/c1-13-18-19-15-10-21(16(23)24-2)12-17(22(13)15)4-6-20(7-5-17)9-14-3-8-25-11-14;3-2(4,5)1(6)7/h3,8,11H,4-7,9-10,12H2,1-2H3;(H,6,7). The van der Waals surface area contributed by atoms with Gasteiger partial charge in [0.1, 0.15) is 5.82 Å². The Balaban J connectivity index is 0.000000360. The Morgan fingerprint density at radius 1 is 1.28 bits per heavy atom. The number of halogens is 3. The molecule has 176 valence electrons. The lowest BCUT2D eigenvalue weighted by molar-refractivity contribution is -0.192. The average Bonchev–Trinajstić information content (AvgIpc) is 3.39. The number of hydrogen-bond donors (Lipinski definition) is 1. The van der Waals surface area contributed by atoms with E-state index in [2.05, 4.69) is 36.5 Å². The van der Waals surface area contributed by atoms with Gasteiger partial charge in [0, 0.05) is 26.2 Å². The largest absolute Gasteiger partial charge is 0.490 e. The Bertz CT molecular complexity index is 939. The molecule has 13 heteroatoms. The summed E-state index contributed by atoms with van der Waals surface area (Å²) >= 11 is 1.74. The van der Waals surface area contributed by atoms with Crippen LogP contribution in [0.1, 0.15) is 30.1 Å². The van der Waals surface area contributed by atoms with Gasteiger partial charge in [-0.1, -0.05) is 0 Å². The third-order valence-electron chi connectivity index (χ3n) is 5.63. The molecular weight excluding hydrogens is 451 g/mol. The van der Waals surface area contributed by atoms with Gasteiger partial charge in [-0.15, -0.1) is 10.2 Å². The van der Waals surface area contributed by atoms with Gasteiger partial charge in [-0.25, -0.2) is 9.59 Å². The summed E-state index contributed by atoms with van der Waals surface area (Å²) in [5.41, 5.74) is 1.25. The molecule has 9 nitrogen and oxygen atoms in total. The molecule has 0 aliphatic carbocycles. The number of ether oxygens (including phenoxy) is 1. The summed E-state index contributed by atoms with van der Waals surface area (Å²) in [5.74, 6) is -0.960. The van der Waals surface area contributed by atoms with E-state index in [-0.39, 0.29) is 11.6 Å². The van der Waals surface area contributed by atoms with Gasteiger partial charge in [0.15, 0.2) is 5.82 Å². The number of piperidine rings is 1. The highest BCUT2D eigenvalue weighted by atomic mass is 32.1. The number of rotatable bonds is 2. The van der Waals surface area contributed by atoms with Crippen molar-refractivity contribution in [3.63, 3.8) is 0 Å². The third-order valence-corrected chi connectivity index (χ3v) is 6.36. The number of aromatic nitrogens is 3. The quantitative estimate of drug-likeness (QED) is 0.713. The molecule has 1 spiro atoms. The predicted molar refractivity (Wildman–Crippen MR) is 108 cm³/mol. The van der Waals surface area contributed by atoms with Crippen molar-refractivity contribution >= 4 is 23.4 Å². The topological polar surface area (TPSA) is 101 Å². The lowest BCUT2D eigenvalue weighted by Crippen LogP contribution is -2.57. The summed E-state index contributed by atoms with van der Waals surface area (Å²) in [6.45, 7) is 6.13. The predicted octanol–water partition coefficient (Wildman–Crippen LogP) is 2.85. The van der Waals surface area contributed by atoms with Gasteiger partial charge in [-0.2, -0.15) is 24.5 Å². The van der Waals surface area contributed by atoms with Crippen molar-refractivity contribution in [3.05, 3.63) is 34.0 Å². The molecule has 1 saturated heterocycles. The molecule has 2 aliphatic heterocycles. The number of alkyl halides is 3. The number of aliphatic carboxylic acids is 1. The second-order valence-electron chi connectivity index (χ2n) is 7.76. The Morgan fingerprint density at radius 2 is 1.94 bits per heavy atom. The van der Waals surface area contributed by atoms with Crippen LogP contribution in [0.5, 0.6) is 0 Å². The van der Waals surface area contributed by atoms with E-state index in [1.54, 1.807) is 16.2 Å². The molecule has 4 rings (SSSR count). The van der Waals surface area contributed by atoms with Crippen LogP contribution in [0.25, 0.3) is 0 Å². The van der Waals surface area contributed by atoms with Crippen LogP contribution in [0.15, 0.2) is 16.8 Å². The number of carboxylic acids is 1. The fourth-order valence-electron chi connectivity index (χ4n) is 4.19. The van der Waals surface area contributed by atoms with Crippen LogP contribution >= 0.6 is 11.3 Å². The fourth-order valence-corrected chi connectivity index (χ4v) is 4.85. The first-order valence-electron chi connectivity index (χ1n) is 9.83. The second-order valence-corrected chi connectivity index (χ2v) is 8.54. The van der Waals surface area contributed by atoms with E-state index in [0.717, 1.165) is 44.1 Å². The molecule has 0 atom stereocenters. The van der Waals surface area contributed by atoms with Gasteiger partial charge < -0.3 is 14.4 Å². The molecule has 1 N–H and O–H groups in total. The fraction of sp³-hybridized carbons (Fsp3) is 0.579. The molecule has 0 radical (unpaired) electrons. The molecule has 32 heavy (non-hydrogen) atoms. The van der Waals surface area contributed by atoms with Gasteiger partial charge in [0.05, 0.1) is 19.2 Å². The summed E-state index contributed by atoms with van der Waals surface area (Å²) in [6, 6.07) is 2.19. The zero-order chi connectivity index (χ0) is 23.5. The minimum Gasteiger partial charge on any atom is -0.475 e. The maximum Gasteiger partial charge on any atom is 0.490 e. The molecule has 4 heterocycles. The summed E-state index contributed by atoms with van der Waals surface area (Å²) < 4.78 is 39.0. The molecular formula is C19H24F3N5O4S. The number of aryl methyl sites for hydroxylation is 1. The maximum absolute atomic E-state index is 12.1. The number of fused-ring (bicyclic) bond motifs is 2. The molecule has 1 amide bonds. The maximum atomic E-state index is 12.1. The van der Waals surface area contributed by atoms with E-state index >= 15 is 0 Å². The van der Waals surface area contributed by atoms with E-state index in [1.807, 2.05) is 6.92 Å². The first-order chi connectivity index (χ1) is 15.1. The second kappa shape index (κ2) is 9.45. The molecule has 0 bridgehead atoms. The monoisotopic (exact) mass is 475 g/mol. The van der Waals surface area contributed by atoms with Crippen LogP contribution in [-0.2, 0) is 28.2 Å². The number of thiophene rings is 1. The van der Waals surface area contributed by atoms with Crippen LogP contribution in [0.3, 0.4) is 0 Å². The van der Waals surface area contributed by atoms with Crippen LogP contribution < -0.4 is 0 Å². The molecule has 0 unspecified atom stereocenters. The van der Waals surface area contributed by atoms with E-state index in [9.17, 15) is 18.0 Å². The zero-order valence-electron chi connectivity index (χ0n) is 17.6. The molecule has 0 saturated carbocycles. The zero-order valence-corrected chi connectivity index (χ0v) is 18.4. The molecule has 2 aromatic heterocycles. The van der Waals surface area contributed by atoms with Crippen molar-refractivity contribution in [2.75, 3.05) is 26.7 Å². The minimum absolute atomic E-state index is 0.125. The average molecular weight is 475 g/mol. The van der Waals surface area contributed by atoms with Crippen molar-refractivity contribution in [1.29, 1.82) is 0 Å². The van der Waals surface area contributed by atoms with Crippen molar-refractivity contribution in [1.82, 2.24) is 24.6 Å². The normalized spacial score (nSPS) is 18.0. The highest BCUT2D eigenvalue weighted by molar-refractivity contribution is 7.07. The van der Waals surface area contributed by atoms with Crippen molar-refractivity contribution in [2.45, 2.75) is 44.6 Å². The summed E-state index contributed by atoms with van der Waals surface area (Å²) in [6.07, 6.45) is -3.40. The first-order valence-corrected chi connectivity index (χ1v) is 10.8. The Kier molecular flexibility index (Phi) is 7.08. The SMILES string of the molecule is COC(=O)N1Cc2nnc(C)n2C2(CCN(Cc3ccsc3)CC2)C1.O=C(O)C(F)(F)F. The first kappa shape index (κ1) is 24.0. The molecule has 0 aromatic carbocycles. The van der Waals surface area contributed by atoms with Gasteiger partial charge >= 0.3 is 18.2 Å². The molecule has 1 fully saturated rings. The number of carbonyl (C=O) groups excluding carboxylic acids is 1. The summed E-state index contributed by atoms with van der Waals surface area (Å²) in [4.78, 5) is 25.3. The molecule has 2 aliphatic rings. The number of carboxylic acid groups (broad SMARTS) is 1. The van der Waals surface area contributed by atoms with E-state index in [4.69, 9.17) is 14.6 Å². The summed E-state index contributed by atoms with van der Waals surface area (Å²) in [7, 11) is 1.43. The Morgan fingerprint density at radius 3 is 2.47 bits per heavy atom. The van der Waals surface area contributed by atoms with Crippen molar-refractivity contribution in [2.24, 2.45) is 0 Å². The third kappa shape index (κ3) is 5.21. The highest BCUT2D eigenvalue weighted by Gasteiger charge is 2.45. The van der Waals surface area contributed by atoms with Gasteiger partial charge in [0.25, 0.3) is 0 Å². The van der Waals surface area contributed by atoms with E-state index < -0.39 is 12.1 Å². The van der Waals surface area contributed by atoms with Gasteiger partial charge in [-0.3, -0.25) is 9.80 Å². The lowest BCUT2D eigenvalue weighted by Gasteiger charge is -2.48.